The lowest BCUT2D eigenvalue weighted by Crippen LogP contribution is -2.13. The van der Waals surface area contributed by atoms with E-state index in [1.165, 1.54) is 179 Å². The molecule has 0 aliphatic rings. The molecule has 1 heterocycles. The van der Waals surface area contributed by atoms with Gasteiger partial charge in [-0.25, -0.2) is 4.98 Å². The van der Waals surface area contributed by atoms with Crippen molar-refractivity contribution in [3.8, 4) is 0 Å². The molecule has 1 aromatic heterocycles. The molecule has 1 aromatic rings. The van der Waals surface area contributed by atoms with Gasteiger partial charge in [0.05, 0.1) is 0 Å². The van der Waals surface area contributed by atoms with Crippen LogP contribution >= 0.6 is 0 Å². The van der Waals surface area contributed by atoms with Gasteiger partial charge < -0.3 is 4.57 Å². The van der Waals surface area contributed by atoms with E-state index in [1.54, 1.807) is 0 Å². The number of hydrogen-bond donors (Lipinski definition) is 0. The zero-order valence-electron chi connectivity index (χ0n) is 26.8. The van der Waals surface area contributed by atoms with E-state index < -0.39 is 0 Å². The van der Waals surface area contributed by atoms with Crippen LogP contribution in [0.1, 0.15) is 219 Å². The van der Waals surface area contributed by atoms with Crippen molar-refractivity contribution in [2.45, 2.75) is 213 Å². The van der Waals surface area contributed by atoms with Crippen LogP contribution in [0.3, 0.4) is 0 Å². The predicted molar refractivity (Wildman–Crippen MR) is 171 cm³/mol. The van der Waals surface area contributed by atoms with Gasteiger partial charge in [-0.3, -0.25) is 0 Å². The highest BCUT2D eigenvalue weighted by atomic mass is 15.1. The molecule has 2 nitrogen and oxygen atoms in total. The van der Waals surface area contributed by atoms with Crippen molar-refractivity contribution in [1.82, 2.24) is 9.55 Å². The number of imidazole rings is 1. The van der Waals surface area contributed by atoms with Crippen molar-refractivity contribution in [2.24, 2.45) is 0 Å². The van der Waals surface area contributed by atoms with Crippen LogP contribution in [0.2, 0.25) is 0 Å². The third-order valence-corrected chi connectivity index (χ3v) is 8.83. The van der Waals surface area contributed by atoms with Gasteiger partial charge in [0.1, 0.15) is 5.82 Å². The molecule has 0 aliphatic carbocycles. The zero-order valence-corrected chi connectivity index (χ0v) is 26.8. The standard InChI is InChI=1S/C36H70N2/c1-5-8-11-14-16-18-19-20-22-25-28-31-35(30-27-24-21-17-15-12-9-6-2)36-37-32-33-38(36)34(4)29-26-23-13-10-7-3/h32-35H,5-31H2,1-4H3. The first-order chi connectivity index (χ1) is 18.7. The molecule has 0 radical (unpaired) electrons. The summed E-state index contributed by atoms with van der Waals surface area (Å²) in [5, 5.41) is 0. The molecular weight excluding hydrogens is 460 g/mol. The summed E-state index contributed by atoms with van der Waals surface area (Å²) in [6.45, 7) is 9.36. The lowest BCUT2D eigenvalue weighted by molar-refractivity contribution is 0.412. The van der Waals surface area contributed by atoms with Gasteiger partial charge in [0.2, 0.25) is 0 Å². The molecule has 224 valence electrons. The molecule has 0 N–H and O–H groups in total. The molecule has 2 heteroatoms. The first kappa shape index (κ1) is 35.2. The fourth-order valence-corrected chi connectivity index (χ4v) is 6.18. The van der Waals surface area contributed by atoms with Crippen LogP contribution in [-0.2, 0) is 0 Å². The predicted octanol–water partition coefficient (Wildman–Crippen LogP) is 13.1. The molecule has 0 amide bonds. The highest BCUT2D eigenvalue weighted by Crippen LogP contribution is 2.30. The Morgan fingerprint density at radius 1 is 0.500 bits per heavy atom. The maximum absolute atomic E-state index is 4.98. The maximum atomic E-state index is 4.98. The maximum Gasteiger partial charge on any atom is 0.111 e. The minimum absolute atomic E-state index is 0.590. The van der Waals surface area contributed by atoms with Gasteiger partial charge >= 0.3 is 0 Å². The monoisotopic (exact) mass is 531 g/mol. The summed E-state index contributed by atoms with van der Waals surface area (Å²) in [5.74, 6) is 2.06. The summed E-state index contributed by atoms with van der Waals surface area (Å²) in [7, 11) is 0. The SMILES string of the molecule is CCCCCCCCCCCCCC(CCCCCCCCCC)c1nccn1C(C)CCCCCCC. The topological polar surface area (TPSA) is 17.8 Å². The number of hydrogen-bond acceptors (Lipinski definition) is 1. The quantitative estimate of drug-likeness (QED) is 0.0941. The number of nitrogens with zero attached hydrogens (tertiary/aromatic N) is 2. The fraction of sp³-hybridized carbons (Fsp3) is 0.917. The molecule has 1 rings (SSSR count). The van der Waals surface area contributed by atoms with Crippen molar-refractivity contribution < 1.29 is 0 Å². The average molecular weight is 531 g/mol. The Morgan fingerprint density at radius 3 is 1.24 bits per heavy atom. The summed E-state index contributed by atoms with van der Waals surface area (Å²) < 4.78 is 2.56. The van der Waals surface area contributed by atoms with Crippen LogP contribution in [0.15, 0.2) is 12.4 Å². The second-order valence-corrected chi connectivity index (χ2v) is 12.5. The van der Waals surface area contributed by atoms with Crippen molar-refractivity contribution in [2.75, 3.05) is 0 Å². The largest absolute Gasteiger partial charge is 0.332 e. The molecule has 0 bridgehead atoms. The molecule has 38 heavy (non-hydrogen) atoms. The molecule has 0 saturated carbocycles. The summed E-state index contributed by atoms with van der Waals surface area (Å²) in [4.78, 5) is 4.98. The number of rotatable bonds is 29. The molecule has 0 aromatic carbocycles. The van der Waals surface area contributed by atoms with Gasteiger partial charge in [0.15, 0.2) is 0 Å². The summed E-state index contributed by atoms with van der Waals surface area (Å²) >= 11 is 0. The Morgan fingerprint density at radius 2 is 0.842 bits per heavy atom. The van der Waals surface area contributed by atoms with E-state index in [0.29, 0.717) is 12.0 Å². The van der Waals surface area contributed by atoms with E-state index in [1.807, 2.05) is 0 Å². The summed E-state index contributed by atoms with van der Waals surface area (Å²) in [6, 6.07) is 0.590. The van der Waals surface area contributed by atoms with Gasteiger partial charge in [-0.15, -0.1) is 0 Å². The molecule has 0 aliphatic heterocycles. The van der Waals surface area contributed by atoms with E-state index in [0.717, 1.165) is 0 Å². The molecule has 0 saturated heterocycles. The van der Waals surface area contributed by atoms with Gasteiger partial charge in [0.25, 0.3) is 0 Å². The normalized spacial score (nSPS) is 13.3. The average Bonchev–Trinajstić information content (AvgIpc) is 3.42. The second-order valence-electron chi connectivity index (χ2n) is 12.5. The van der Waals surface area contributed by atoms with Crippen LogP contribution in [0.5, 0.6) is 0 Å². The minimum atomic E-state index is 0.590. The van der Waals surface area contributed by atoms with E-state index in [-0.39, 0.29) is 0 Å². The number of aromatic nitrogens is 2. The van der Waals surface area contributed by atoms with Gasteiger partial charge in [-0.05, 0) is 26.2 Å². The zero-order chi connectivity index (χ0) is 27.5. The fourth-order valence-electron chi connectivity index (χ4n) is 6.18. The van der Waals surface area contributed by atoms with Crippen LogP contribution in [-0.4, -0.2) is 9.55 Å². The first-order valence-electron chi connectivity index (χ1n) is 17.8. The Hall–Kier alpha value is -0.790. The third-order valence-electron chi connectivity index (χ3n) is 8.83. The number of unbranched alkanes of at least 4 members (excludes halogenated alkanes) is 21. The second kappa shape index (κ2) is 26.4. The Kier molecular flexibility index (Phi) is 24.5. The Bertz CT molecular complexity index is 592. The Labute approximate surface area is 240 Å². The smallest absolute Gasteiger partial charge is 0.111 e. The molecule has 2 atom stereocenters. The van der Waals surface area contributed by atoms with Crippen LogP contribution < -0.4 is 0 Å². The lowest BCUT2D eigenvalue weighted by atomic mass is 9.92. The molecular formula is C36H70N2. The van der Waals surface area contributed by atoms with Crippen LogP contribution in [0.25, 0.3) is 0 Å². The summed E-state index contributed by atoms with van der Waals surface area (Å²) in [6.07, 6.45) is 42.3. The third kappa shape index (κ3) is 18.5. The highest BCUT2D eigenvalue weighted by Gasteiger charge is 2.19. The van der Waals surface area contributed by atoms with Crippen molar-refractivity contribution in [1.29, 1.82) is 0 Å². The Balaban J connectivity index is 2.45. The van der Waals surface area contributed by atoms with Crippen molar-refractivity contribution in [3.63, 3.8) is 0 Å². The van der Waals surface area contributed by atoms with Crippen molar-refractivity contribution >= 4 is 0 Å². The van der Waals surface area contributed by atoms with Gasteiger partial charge in [0, 0.05) is 24.4 Å². The van der Waals surface area contributed by atoms with E-state index in [4.69, 9.17) is 4.98 Å². The first-order valence-corrected chi connectivity index (χ1v) is 17.8. The lowest BCUT2D eigenvalue weighted by Gasteiger charge is -2.22. The van der Waals surface area contributed by atoms with Gasteiger partial charge in [-0.1, -0.05) is 175 Å². The van der Waals surface area contributed by atoms with E-state index >= 15 is 0 Å². The van der Waals surface area contributed by atoms with E-state index in [2.05, 4.69) is 44.7 Å². The molecule has 2 unspecified atom stereocenters. The summed E-state index contributed by atoms with van der Waals surface area (Å²) in [5.41, 5.74) is 0. The molecule has 0 fully saturated rings. The van der Waals surface area contributed by atoms with E-state index in [9.17, 15) is 0 Å². The minimum Gasteiger partial charge on any atom is -0.332 e. The van der Waals surface area contributed by atoms with Crippen LogP contribution in [0.4, 0.5) is 0 Å². The van der Waals surface area contributed by atoms with Crippen LogP contribution in [0, 0.1) is 0 Å². The highest BCUT2D eigenvalue weighted by molar-refractivity contribution is 5.02. The van der Waals surface area contributed by atoms with Crippen molar-refractivity contribution in [3.05, 3.63) is 18.2 Å². The van der Waals surface area contributed by atoms with Gasteiger partial charge in [-0.2, -0.15) is 0 Å². The molecule has 0 spiro atoms.